The van der Waals surface area contributed by atoms with Gasteiger partial charge in [-0.3, -0.25) is 14.9 Å². The number of non-ortho nitro benzene ring substituents is 1. The molecule has 7 heteroatoms. The fraction of sp³-hybridized carbons (Fsp3) is 0.464. The summed E-state index contributed by atoms with van der Waals surface area (Å²) in [5, 5.41) is 11.3. The second-order valence-corrected chi connectivity index (χ2v) is 10.6. The first-order chi connectivity index (χ1) is 16.5. The number of allylic oxidation sites excluding steroid dienone is 4. The fourth-order valence-corrected chi connectivity index (χ4v) is 7.57. The standard InChI is InChI=1S/C28H31NO6/c1-15-11-16(2)24-27(5,12-15)25(19-7-9-20(10-8-19)29(31)32)28(24)13-21(34-14-28)23-17(3)22(30)18(4)26(33-6)35-23/h7-12,21,24-25H,13-14H2,1-6H3/t21-,24-,25+,27+,28+/m0/s1. The zero-order chi connectivity index (χ0) is 25.3. The topological polar surface area (TPSA) is 91.8 Å². The molecule has 2 heterocycles. The molecule has 1 aromatic carbocycles. The molecule has 2 aromatic rings. The third-order valence-electron chi connectivity index (χ3n) is 8.44. The molecule has 2 aliphatic carbocycles. The van der Waals surface area contributed by atoms with Gasteiger partial charge in [0.25, 0.3) is 11.6 Å². The molecule has 5 atom stereocenters. The predicted molar refractivity (Wildman–Crippen MR) is 132 cm³/mol. The lowest BCUT2D eigenvalue weighted by molar-refractivity contribution is -0.384. The van der Waals surface area contributed by atoms with Crippen molar-refractivity contribution < 1.29 is 18.8 Å². The molecule has 1 saturated carbocycles. The van der Waals surface area contributed by atoms with Crippen molar-refractivity contribution in [1.29, 1.82) is 0 Å². The van der Waals surface area contributed by atoms with Crippen molar-refractivity contribution in [3.63, 3.8) is 0 Å². The third kappa shape index (κ3) is 3.24. The van der Waals surface area contributed by atoms with Gasteiger partial charge in [0.2, 0.25) is 0 Å². The molecule has 1 aliphatic heterocycles. The predicted octanol–water partition coefficient (Wildman–Crippen LogP) is 5.95. The second kappa shape index (κ2) is 7.92. The minimum Gasteiger partial charge on any atom is -0.468 e. The number of nitro benzene ring substituents is 1. The Balaban J connectivity index is 1.60. The number of hydrogen-bond acceptors (Lipinski definition) is 6. The maximum Gasteiger partial charge on any atom is 0.291 e. The Labute approximate surface area is 204 Å². The van der Waals surface area contributed by atoms with Crippen molar-refractivity contribution in [1.82, 2.24) is 0 Å². The Kier molecular flexibility index (Phi) is 5.33. The van der Waals surface area contributed by atoms with Crippen molar-refractivity contribution in [2.45, 2.75) is 53.1 Å². The van der Waals surface area contributed by atoms with Gasteiger partial charge in [-0.05, 0) is 45.6 Å². The van der Waals surface area contributed by atoms with Gasteiger partial charge in [0.05, 0.1) is 24.2 Å². The van der Waals surface area contributed by atoms with Crippen molar-refractivity contribution >= 4 is 5.69 Å². The van der Waals surface area contributed by atoms with Crippen LogP contribution >= 0.6 is 0 Å². The van der Waals surface area contributed by atoms with E-state index in [-0.39, 0.29) is 50.8 Å². The smallest absolute Gasteiger partial charge is 0.291 e. The number of benzene rings is 1. The van der Waals surface area contributed by atoms with Gasteiger partial charge in [-0.1, -0.05) is 42.4 Å². The summed E-state index contributed by atoms with van der Waals surface area (Å²) in [7, 11) is 1.49. The van der Waals surface area contributed by atoms with Gasteiger partial charge in [0, 0.05) is 34.4 Å². The van der Waals surface area contributed by atoms with Crippen molar-refractivity contribution in [3.05, 3.63) is 90.4 Å². The number of fused-ring (bicyclic) bond motifs is 2. The lowest BCUT2D eigenvalue weighted by Crippen LogP contribution is -2.62. The molecule has 5 rings (SSSR count). The van der Waals surface area contributed by atoms with Gasteiger partial charge in [-0.2, -0.15) is 0 Å². The molecule has 7 nitrogen and oxygen atoms in total. The summed E-state index contributed by atoms with van der Waals surface area (Å²) in [5.41, 5.74) is 4.23. The highest BCUT2D eigenvalue weighted by Gasteiger charge is 2.71. The van der Waals surface area contributed by atoms with E-state index in [0.29, 0.717) is 29.9 Å². The van der Waals surface area contributed by atoms with Crippen LogP contribution < -0.4 is 10.2 Å². The van der Waals surface area contributed by atoms with Crippen LogP contribution in [0.4, 0.5) is 5.69 Å². The van der Waals surface area contributed by atoms with Gasteiger partial charge >= 0.3 is 0 Å². The van der Waals surface area contributed by atoms with Gasteiger partial charge in [-0.25, -0.2) is 0 Å². The zero-order valence-corrected chi connectivity index (χ0v) is 21.0. The summed E-state index contributed by atoms with van der Waals surface area (Å²) >= 11 is 0. The molecule has 1 saturated heterocycles. The highest BCUT2D eigenvalue weighted by molar-refractivity contribution is 5.48. The summed E-state index contributed by atoms with van der Waals surface area (Å²) in [6, 6.07) is 6.94. The second-order valence-electron chi connectivity index (χ2n) is 10.6. The minimum atomic E-state index is -0.373. The Hall–Kier alpha value is -3.19. The van der Waals surface area contributed by atoms with E-state index in [0.717, 1.165) is 5.56 Å². The highest BCUT2D eigenvalue weighted by atomic mass is 16.6. The van der Waals surface area contributed by atoms with Crippen LogP contribution in [0.1, 0.15) is 61.7 Å². The summed E-state index contributed by atoms with van der Waals surface area (Å²) in [6.07, 6.45) is 4.90. The van der Waals surface area contributed by atoms with E-state index in [9.17, 15) is 14.9 Å². The average molecular weight is 478 g/mol. The quantitative estimate of drug-likeness (QED) is 0.399. The molecule has 3 aliphatic rings. The molecule has 1 aromatic heterocycles. The maximum absolute atomic E-state index is 12.8. The summed E-state index contributed by atoms with van der Waals surface area (Å²) in [4.78, 5) is 23.7. The SMILES string of the molecule is COc1oc([C@@H]2C[C@]3(CO2)[C@H](c2ccc([N+](=O)[O-])cc2)[C@]2(C)C=C(C)C=C(C)[C@@H]23)c(C)c(=O)c1C. The average Bonchev–Trinajstić information content (AvgIpc) is 3.23. The number of hydrogen-bond donors (Lipinski definition) is 0. The molecule has 2 fully saturated rings. The number of nitrogens with zero attached hydrogens (tertiary/aromatic N) is 1. The molecular formula is C28H31NO6. The Morgan fingerprint density at radius 3 is 2.40 bits per heavy atom. The van der Waals surface area contributed by atoms with E-state index in [1.165, 1.54) is 18.3 Å². The van der Waals surface area contributed by atoms with Gasteiger partial charge in [0.1, 0.15) is 11.9 Å². The van der Waals surface area contributed by atoms with Gasteiger partial charge < -0.3 is 13.9 Å². The lowest BCUT2D eigenvalue weighted by Gasteiger charge is -2.67. The molecule has 0 unspecified atom stereocenters. The Bertz CT molecular complexity index is 1340. The monoisotopic (exact) mass is 477 g/mol. The summed E-state index contributed by atoms with van der Waals surface area (Å²) in [5.74, 6) is 1.10. The zero-order valence-electron chi connectivity index (χ0n) is 21.0. The first kappa shape index (κ1) is 23.5. The van der Waals surface area contributed by atoms with Crippen molar-refractivity contribution in [2.24, 2.45) is 16.7 Å². The molecule has 0 bridgehead atoms. The lowest BCUT2D eigenvalue weighted by atomic mass is 9.35. The number of ether oxygens (including phenoxy) is 2. The first-order valence-corrected chi connectivity index (χ1v) is 12.0. The third-order valence-corrected chi connectivity index (χ3v) is 8.44. The van der Waals surface area contributed by atoms with Crippen LogP contribution in [-0.2, 0) is 4.74 Å². The Morgan fingerprint density at radius 2 is 1.77 bits per heavy atom. The molecule has 0 radical (unpaired) electrons. The van der Waals surface area contributed by atoms with Crippen LogP contribution in [0.25, 0.3) is 0 Å². The van der Waals surface area contributed by atoms with Gasteiger partial charge in [0.15, 0.2) is 5.43 Å². The maximum atomic E-state index is 12.8. The van der Waals surface area contributed by atoms with Crippen LogP contribution in [0.2, 0.25) is 0 Å². The number of nitro groups is 1. The first-order valence-electron chi connectivity index (χ1n) is 12.0. The molecule has 0 amide bonds. The van der Waals surface area contributed by atoms with E-state index in [1.807, 2.05) is 12.1 Å². The van der Waals surface area contributed by atoms with E-state index in [4.69, 9.17) is 13.9 Å². The summed E-state index contributed by atoms with van der Waals surface area (Å²) < 4.78 is 17.8. The largest absolute Gasteiger partial charge is 0.468 e. The van der Waals surface area contributed by atoms with Crippen LogP contribution in [-0.4, -0.2) is 18.6 Å². The fourth-order valence-electron chi connectivity index (χ4n) is 7.57. The van der Waals surface area contributed by atoms with Crippen molar-refractivity contribution in [3.8, 4) is 5.95 Å². The molecule has 0 N–H and O–H groups in total. The van der Waals surface area contributed by atoms with E-state index in [1.54, 1.807) is 26.0 Å². The van der Waals surface area contributed by atoms with E-state index >= 15 is 0 Å². The van der Waals surface area contributed by atoms with E-state index < -0.39 is 0 Å². The van der Waals surface area contributed by atoms with Crippen LogP contribution in [0, 0.1) is 40.7 Å². The normalized spacial score (nSPS) is 31.4. The highest BCUT2D eigenvalue weighted by Crippen LogP contribution is 2.76. The molecule has 35 heavy (non-hydrogen) atoms. The van der Waals surface area contributed by atoms with E-state index in [2.05, 4.69) is 32.9 Å². The molecule has 184 valence electrons. The summed E-state index contributed by atoms with van der Waals surface area (Å²) in [6.45, 7) is 10.6. The minimum absolute atomic E-state index is 0.0833. The molecule has 1 spiro atoms. The van der Waals surface area contributed by atoms with Crippen LogP contribution in [0.5, 0.6) is 5.95 Å². The molecular weight excluding hydrogens is 446 g/mol. The van der Waals surface area contributed by atoms with Crippen LogP contribution in [0.3, 0.4) is 0 Å². The van der Waals surface area contributed by atoms with Crippen molar-refractivity contribution in [2.75, 3.05) is 13.7 Å². The number of rotatable bonds is 4. The Morgan fingerprint density at radius 1 is 1.09 bits per heavy atom. The van der Waals surface area contributed by atoms with Gasteiger partial charge in [-0.15, -0.1) is 0 Å². The van der Waals surface area contributed by atoms with Crippen LogP contribution in [0.15, 0.2) is 56.8 Å². The number of methoxy groups -OCH3 is 1.